The standard InChI is InChI=1S/C14H18N2OS/c1-3-6-17-14-7-11(2)4-5-13(14)15-8-12-9-18-10-16-12/h4-5,7,9-10,15H,3,6,8H2,1-2H3. The summed E-state index contributed by atoms with van der Waals surface area (Å²) in [7, 11) is 0. The molecule has 4 heteroatoms. The summed E-state index contributed by atoms with van der Waals surface area (Å²) in [5.74, 6) is 0.923. The predicted molar refractivity (Wildman–Crippen MR) is 76.4 cm³/mol. The molecule has 1 N–H and O–H groups in total. The minimum absolute atomic E-state index is 0.731. The largest absolute Gasteiger partial charge is 0.491 e. The number of nitrogens with one attached hydrogen (secondary N) is 1. The van der Waals surface area contributed by atoms with Crippen molar-refractivity contribution >= 4 is 17.0 Å². The Labute approximate surface area is 112 Å². The molecule has 1 aromatic heterocycles. The van der Waals surface area contributed by atoms with E-state index in [9.17, 15) is 0 Å². The molecule has 0 saturated heterocycles. The first-order chi connectivity index (χ1) is 8.79. The molecule has 0 aliphatic carbocycles. The number of nitrogens with zero attached hydrogens (tertiary/aromatic N) is 1. The molecule has 0 aliphatic heterocycles. The van der Waals surface area contributed by atoms with E-state index >= 15 is 0 Å². The molecule has 96 valence electrons. The van der Waals surface area contributed by atoms with Gasteiger partial charge in [-0.3, -0.25) is 0 Å². The molecule has 1 heterocycles. The molecule has 0 atom stereocenters. The number of rotatable bonds is 6. The molecule has 2 rings (SSSR count). The highest BCUT2D eigenvalue weighted by Crippen LogP contribution is 2.26. The predicted octanol–water partition coefficient (Wildman–Crippen LogP) is 3.85. The number of hydrogen-bond acceptors (Lipinski definition) is 4. The molecular formula is C14H18N2OS. The fraction of sp³-hybridized carbons (Fsp3) is 0.357. The molecule has 2 aromatic rings. The van der Waals surface area contributed by atoms with Gasteiger partial charge in [0.1, 0.15) is 5.75 Å². The average molecular weight is 262 g/mol. The van der Waals surface area contributed by atoms with Gasteiger partial charge in [0.15, 0.2) is 0 Å². The Hall–Kier alpha value is -1.55. The van der Waals surface area contributed by atoms with Gasteiger partial charge in [-0.25, -0.2) is 4.98 Å². The van der Waals surface area contributed by atoms with E-state index < -0.39 is 0 Å². The summed E-state index contributed by atoms with van der Waals surface area (Å²) in [6.07, 6.45) is 1.01. The van der Waals surface area contributed by atoms with Crippen molar-refractivity contribution in [2.45, 2.75) is 26.8 Å². The molecular weight excluding hydrogens is 244 g/mol. The van der Waals surface area contributed by atoms with Crippen LogP contribution in [0.5, 0.6) is 5.75 Å². The summed E-state index contributed by atoms with van der Waals surface area (Å²) in [5.41, 5.74) is 5.14. The van der Waals surface area contributed by atoms with E-state index in [1.165, 1.54) is 5.56 Å². The lowest BCUT2D eigenvalue weighted by Gasteiger charge is -2.13. The van der Waals surface area contributed by atoms with Crippen LogP contribution >= 0.6 is 11.3 Å². The van der Waals surface area contributed by atoms with Crippen LogP contribution in [0.25, 0.3) is 0 Å². The van der Waals surface area contributed by atoms with Crippen molar-refractivity contribution in [1.82, 2.24) is 4.98 Å². The molecule has 0 bridgehead atoms. The number of aromatic nitrogens is 1. The normalized spacial score (nSPS) is 10.3. The van der Waals surface area contributed by atoms with Crippen LogP contribution in [0.4, 0.5) is 5.69 Å². The summed E-state index contributed by atoms with van der Waals surface area (Å²) in [6.45, 7) is 5.66. The molecule has 0 fully saturated rings. The first kappa shape index (κ1) is 12.9. The Bertz CT molecular complexity index is 483. The SMILES string of the molecule is CCCOc1cc(C)ccc1NCc1cscn1. The average Bonchev–Trinajstić information content (AvgIpc) is 2.88. The van der Waals surface area contributed by atoms with E-state index in [0.29, 0.717) is 0 Å². The fourth-order valence-corrected chi connectivity index (χ4v) is 2.18. The second-order valence-corrected chi connectivity index (χ2v) is 4.90. The van der Waals surface area contributed by atoms with E-state index in [-0.39, 0.29) is 0 Å². The van der Waals surface area contributed by atoms with Crippen LogP contribution in [0.2, 0.25) is 0 Å². The van der Waals surface area contributed by atoms with Gasteiger partial charge in [-0.15, -0.1) is 11.3 Å². The third kappa shape index (κ3) is 3.47. The highest BCUT2D eigenvalue weighted by molar-refractivity contribution is 7.07. The fourth-order valence-electron chi connectivity index (χ4n) is 1.62. The van der Waals surface area contributed by atoms with Gasteiger partial charge in [0.25, 0.3) is 0 Å². The molecule has 0 spiro atoms. The molecule has 3 nitrogen and oxygen atoms in total. The van der Waals surface area contributed by atoms with Gasteiger partial charge in [-0.2, -0.15) is 0 Å². The topological polar surface area (TPSA) is 34.1 Å². The Balaban J connectivity index is 2.05. The van der Waals surface area contributed by atoms with Crippen LogP contribution in [-0.2, 0) is 6.54 Å². The maximum atomic E-state index is 5.76. The number of ether oxygens (including phenoxy) is 1. The number of hydrogen-bond donors (Lipinski definition) is 1. The molecule has 0 saturated carbocycles. The smallest absolute Gasteiger partial charge is 0.142 e. The van der Waals surface area contributed by atoms with Gasteiger partial charge in [0.2, 0.25) is 0 Å². The van der Waals surface area contributed by atoms with Crippen LogP contribution in [0.3, 0.4) is 0 Å². The zero-order valence-corrected chi connectivity index (χ0v) is 11.6. The highest BCUT2D eigenvalue weighted by atomic mass is 32.1. The van der Waals surface area contributed by atoms with Gasteiger partial charge >= 0.3 is 0 Å². The molecule has 0 amide bonds. The van der Waals surface area contributed by atoms with Gasteiger partial charge < -0.3 is 10.1 Å². The van der Waals surface area contributed by atoms with Crippen molar-refractivity contribution in [3.05, 3.63) is 40.3 Å². The minimum atomic E-state index is 0.731. The third-order valence-corrected chi connectivity index (χ3v) is 3.18. The van der Waals surface area contributed by atoms with Crippen molar-refractivity contribution in [3.63, 3.8) is 0 Å². The Morgan fingerprint density at radius 1 is 1.39 bits per heavy atom. The first-order valence-electron chi connectivity index (χ1n) is 6.14. The lowest BCUT2D eigenvalue weighted by Crippen LogP contribution is -2.04. The van der Waals surface area contributed by atoms with Gasteiger partial charge in [-0.1, -0.05) is 13.0 Å². The van der Waals surface area contributed by atoms with Crippen molar-refractivity contribution in [1.29, 1.82) is 0 Å². The summed E-state index contributed by atoms with van der Waals surface area (Å²) in [5, 5.41) is 5.42. The van der Waals surface area contributed by atoms with Crippen molar-refractivity contribution < 1.29 is 4.74 Å². The Morgan fingerprint density at radius 3 is 3.00 bits per heavy atom. The summed E-state index contributed by atoms with van der Waals surface area (Å²) < 4.78 is 5.76. The van der Waals surface area contributed by atoms with Crippen LogP contribution < -0.4 is 10.1 Å². The molecule has 1 aromatic carbocycles. The zero-order chi connectivity index (χ0) is 12.8. The van der Waals surface area contributed by atoms with Crippen molar-refractivity contribution in [2.24, 2.45) is 0 Å². The molecule has 18 heavy (non-hydrogen) atoms. The maximum absolute atomic E-state index is 5.76. The maximum Gasteiger partial charge on any atom is 0.142 e. The van der Waals surface area contributed by atoms with E-state index in [1.54, 1.807) is 11.3 Å². The van der Waals surface area contributed by atoms with Gasteiger partial charge in [0, 0.05) is 5.38 Å². The number of anilines is 1. The van der Waals surface area contributed by atoms with Crippen molar-refractivity contribution in [2.75, 3.05) is 11.9 Å². The van der Waals surface area contributed by atoms with Gasteiger partial charge in [-0.05, 0) is 31.0 Å². The monoisotopic (exact) mass is 262 g/mol. The lowest BCUT2D eigenvalue weighted by molar-refractivity contribution is 0.318. The van der Waals surface area contributed by atoms with E-state index in [4.69, 9.17) is 4.74 Å². The first-order valence-corrected chi connectivity index (χ1v) is 7.08. The minimum Gasteiger partial charge on any atom is -0.491 e. The van der Waals surface area contributed by atoms with Crippen LogP contribution in [0, 0.1) is 6.92 Å². The van der Waals surface area contributed by atoms with Crippen molar-refractivity contribution in [3.8, 4) is 5.75 Å². The summed E-state index contributed by atoms with van der Waals surface area (Å²) in [4.78, 5) is 4.26. The number of aryl methyl sites for hydroxylation is 1. The summed E-state index contributed by atoms with van der Waals surface area (Å²) in [6, 6.07) is 6.22. The Kier molecular flexibility index (Phi) is 4.59. The quantitative estimate of drug-likeness (QED) is 0.858. The second-order valence-electron chi connectivity index (χ2n) is 4.18. The zero-order valence-electron chi connectivity index (χ0n) is 10.8. The molecule has 0 aliphatic rings. The van der Waals surface area contributed by atoms with Gasteiger partial charge in [0.05, 0.1) is 30.0 Å². The van der Waals surface area contributed by atoms with E-state index in [2.05, 4.69) is 42.3 Å². The molecule has 0 unspecified atom stereocenters. The van der Waals surface area contributed by atoms with E-state index in [1.807, 2.05) is 10.9 Å². The third-order valence-electron chi connectivity index (χ3n) is 2.54. The lowest BCUT2D eigenvalue weighted by atomic mass is 10.2. The van der Waals surface area contributed by atoms with E-state index in [0.717, 1.165) is 36.7 Å². The Morgan fingerprint density at radius 2 is 2.28 bits per heavy atom. The highest BCUT2D eigenvalue weighted by Gasteiger charge is 2.04. The second kappa shape index (κ2) is 6.40. The number of thiazole rings is 1. The molecule has 0 radical (unpaired) electrons. The van der Waals surface area contributed by atoms with Crippen LogP contribution in [0.1, 0.15) is 24.6 Å². The number of benzene rings is 1. The van der Waals surface area contributed by atoms with Crippen LogP contribution in [0.15, 0.2) is 29.1 Å². The van der Waals surface area contributed by atoms with Crippen LogP contribution in [-0.4, -0.2) is 11.6 Å². The summed E-state index contributed by atoms with van der Waals surface area (Å²) >= 11 is 1.61.